The van der Waals surface area contributed by atoms with Gasteiger partial charge in [0.15, 0.2) is 0 Å². The van der Waals surface area contributed by atoms with Crippen molar-refractivity contribution in [3.63, 3.8) is 0 Å². The van der Waals surface area contributed by atoms with Crippen molar-refractivity contribution >= 4 is 22.1 Å². The molecule has 106 valence electrons. The molecule has 0 N–H and O–H groups in total. The van der Waals surface area contributed by atoms with E-state index in [2.05, 4.69) is 4.74 Å². The summed E-state index contributed by atoms with van der Waals surface area (Å²) in [6.45, 7) is 0. The molecule has 0 heterocycles. The first kappa shape index (κ1) is 15.9. The third-order valence-corrected chi connectivity index (χ3v) is 4.33. The molecule has 0 radical (unpaired) electrons. The standard InChI is InChI=1S/C13H14N2O4S/c1-15(2)20(17,18)12-6-4-11(9-14)10(8-12)5-7-13(16)19-3/h4-8H,1-3H3. The minimum atomic E-state index is -3.59. The smallest absolute Gasteiger partial charge is 0.330 e. The molecule has 0 bridgehead atoms. The number of esters is 1. The summed E-state index contributed by atoms with van der Waals surface area (Å²) in [5, 5.41) is 8.98. The van der Waals surface area contributed by atoms with E-state index in [-0.39, 0.29) is 10.5 Å². The lowest BCUT2D eigenvalue weighted by molar-refractivity contribution is -0.134. The van der Waals surface area contributed by atoms with E-state index in [1.54, 1.807) is 0 Å². The second kappa shape index (κ2) is 6.32. The monoisotopic (exact) mass is 294 g/mol. The van der Waals surface area contributed by atoms with E-state index in [1.165, 1.54) is 45.5 Å². The summed E-state index contributed by atoms with van der Waals surface area (Å²) in [7, 11) is 0.461. The Morgan fingerprint density at radius 2 is 2.05 bits per heavy atom. The molecule has 0 saturated carbocycles. The van der Waals surface area contributed by atoms with Gasteiger partial charge in [-0.05, 0) is 29.8 Å². The predicted octanol–water partition coefficient (Wildman–Crippen LogP) is 0.995. The van der Waals surface area contributed by atoms with Crippen molar-refractivity contribution < 1.29 is 17.9 Å². The summed E-state index contributed by atoms with van der Waals surface area (Å²) in [6, 6.07) is 6.02. The fraction of sp³-hybridized carbons (Fsp3) is 0.231. The van der Waals surface area contributed by atoms with Crippen LogP contribution in [0.1, 0.15) is 11.1 Å². The zero-order chi connectivity index (χ0) is 15.3. The van der Waals surface area contributed by atoms with Gasteiger partial charge in [0.25, 0.3) is 0 Å². The Kier molecular flexibility index (Phi) is 5.02. The highest BCUT2D eigenvalue weighted by Crippen LogP contribution is 2.19. The number of ether oxygens (including phenoxy) is 1. The highest BCUT2D eigenvalue weighted by molar-refractivity contribution is 7.89. The molecule has 0 aromatic heterocycles. The number of nitriles is 1. The third kappa shape index (κ3) is 3.44. The van der Waals surface area contributed by atoms with Crippen LogP contribution < -0.4 is 0 Å². The average Bonchev–Trinajstić information content (AvgIpc) is 2.43. The molecule has 0 amide bonds. The number of benzene rings is 1. The average molecular weight is 294 g/mol. The minimum Gasteiger partial charge on any atom is -0.466 e. The van der Waals surface area contributed by atoms with Crippen molar-refractivity contribution in [3.8, 4) is 6.07 Å². The molecule has 0 saturated heterocycles. The quantitative estimate of drug-likeness (QED) is 0.610. The van der Waals surface area contributed by atoms with Gasteiger partial charge < -0.3 is 4.74 Å². The van der Waals surface area contributed by atoms with E-state index in [4.69, 9.17) is 5.26 Å². The number of rotatable bonds is 4. The van der Waals surface area contributed by atoms with Gasteiger partial charge in [-0.15, -0.1) is 0 Å². The molecular weight excluding hydrogens is 280 g/mol. The minimum absolute atomic E-state index is 0.0472. The number of hydrogen-bond acceptors (Lipinski definition) is 5. The maximum Gasteiger partial charge on any atom is 0.330 e. The summed E-state index contributed by atoms with van der Waals surface area (Å²) in [4.78, 5) is 11.1. The number of carbonyl (C=O) groups excluding carboxylic acids is 1. The zero-order valence-electron chi connectivity index (χ0n) is 11.3. The van der Waals surface area contributed by atoms with Gasteiger partial charge in [-0.2, -0.15) is 5.26 Å². The summed E-state index contributed by atoms with van der Waals surface area (Å²) >= 11 is 0. The maximum absolute atomic E-state index is 12.0. The van der Waals surface area contributed by atoms with Gasteiger partial charge >= 0.3 is 5.97 Å². The van der Waals surface area contributed by atoms with Crippen LogP contribution in [-0.4, -0.2) is 39.9 Å². The van der Waals surface area contributed by atoms with Gasteiger partial charge in [-0.1, -0.05) is 0 Å². The number of nitrogens with zero attached hydrogens (tertiary/aromatic N) is 2. The molecule has 0 aliphatic heterocycles. The molecule has 6 nitrogen and oxygen atoms in total. The number of sulfonamides is 1. The Hall–Kier alpha value is -2.17. The van der Waals surface area contributed by atoms with Crippen LogP contribution in [0.5, 0.6) is 0 Å². The van der Waals surface area contributed by atoms with Gasteiger partial charge in [-0.3, -0.25) is 0 Å². The number of hydrogen-bond donors (Lipinski definition) is 0. The molecule has 0 fully saturated rings. The van der Waals surface area contributed by atoms with Gasteiger partial charge in [0.05, 0.1) is 23.6 Å². The third-order valence-electron chi connectivity index (χ3n) is 2.52. The molecule has 0 aliphatic rings. The summed E-state index contributed by atoms with van der Waals surface area (Å²) in [6.07, 6.45) is 2.47. The first-order valence-corrected chi connectivity index (χ1v) is 6.99. The van der Waals surface area contributed by atoms with Crippen LogP contribution in [0.15, 0.2) is 29.2 Å². The lowest BCUT2D eigenvalue weighted by atomic mass is 10.1. The lowest BCUT2D eigenvalue weighted by Crippen LogP contribution is -2.22. The normalized spacial score (nSPS) is 11.6. The van der Waals surface area contributed by atoms with Crippen LogP contribution in [0.3, 0.4) is 0 Å². The molecule has 1 rings (SSSR count). The Morgan fingerprint density at radius 3 is 2.55 bits per heavy atom. The van der Waals surface area contributed by atoms with Gasteiger partial charge in [0, 0.05) is 20.2 Å². The lowest BCUT2D eigenvalue weighted by Gasteiger charge is -2.12. The second-order valence-electron chi connectivity index (χ2n) is 4.00. The Balaban J connectivity index is 3.34. The van der Waals surface area contributed by atoms with Crippen LogP contribution in [0.2, 0.25) is 0 Å². The first-order valence-electron chi connectivity index (χ1n) is 5.55. The predicted molar refractivity (Wildman–Crippen MR) is 73.1 cm³/mol. The number of methoxy groups -OCH3 is 1. The van der Waals surface area contributed by atoms with Gasteiger partial charge in [0.2, 0.25) is 10.0 Å². The van der Waals surface area contributed by atoms with Gasteiger partial charge in [0.1, 0.15) is 0 Å². The highest BCUT2D eigenvalue weighted by Gasteiger charge is 2.18. The molecule has 7 heteroatoms. The molecule has 1 aromatic carbocycles. The molecule has 1 aromatic rings. The van der Waals surface area contributed by atoms with E-state index in [0.29, 0.717) is 5.56 Å². The van der Waals surface area contributed by atoms with Crippen molar-refractivity contribution in [2.45, 2.75) is 4.90 Å². The van der Waals surface area contributed by atoms with E-state index in [0.717, 1.165) is 10.4 Å². The Labute approximate surface area is 117 Å². The highest BCUT2D eigenvalue weighted by atomic mass is 32.2. The summed E-state index contributed by atoms with van der Waals surface area (Å²) < 4.78 is 29.5. The van der Waals surface area contributed by atoms with Crippen LogP contribution in [0.4, 0.5) is 0 Å². The molecule has 0 atom stereocenters. The molecular formula is C13H14N2O4S. The van der Waals surface area contributed by atoms with Crippen molar-refractivity contribution in [1.29, 1.82) is 5.26 Å². The van der Waals surface area contributed by atoms with E-state index < -0.39 is 16.0 Å². The number of carbonyl (C=O) groups is 1. The van der Waals surface area contributed by atoms with Crippen molar-refractivity contribution in [2.24, 2.45) is 0 Å². The molecule has 0 aliphatic carbocycles. The summed E-state index contributed by atoms with van der Waals surface area (Å²) in [5.41, 5.74) is 0.601. The maximum atomic E-state index is 12.0. The van der Waals surface area contributed by atoms with Gasteiger partial charge in [-0.25, -0.2) is 17.5 Å². The van der Waals surface area contributed by atoms with E-state index >= 15 is 0 Å². The molecule has 20 heavy (non-hydrogen) atoms. The zero-order valence-corrected chi connectivity index (χ0v) is 12.1. The molecule has 0 unspecified atom stereocenters. The first-order chi connectivity index (χ1) is 9.32. The fourth-order valence-electron chi connectivity index (χ4n) is 1.38. The van der Waals surface area contributed by atoms with Crippen molar-refractivity contribution in [1.82, 2.24) is 4.31 Å². The van der Waals surface area contributed by atoms with Crippen LogP contribution in [0.25, 0.3) is 6.08 Å². The molecule has 0 spiro atoms. The SMILES string of the molecule is COC(=O)C=Cc1cc(S(=O)(=O)N(C)C)ccc1C#N. The van der Waals surface area contributed by atoms with Crippen LogP contribution in [0, 0.1) is 11.3 Å². The van der Waals surface area contributed by atoms with Crippen LogP contribution >= 0.6 is 0 Å². The Morgan fingerprint density at radius 1 is 1.40 bits per heavy atom. The van der Waals surface area contributed by atoms with Crippen LogP contribution in [-0.2, 0) is 19.6 Å². The van der Waals surface area contributed by atoms with Crippen molar-refractivity contribution in [2.75, 3.05) is 21.2 Å². The van der Waals surface area contributed by atoms with E-state index in [1.807, 2.05) is 6.07 Å². The van der Waals surface area contributed by atoms with Crippen molar-refractivity contribution in [3.05, 3.63) is 35.4 Å². The second-order valence-corrected chi connectivity index (χ2v) is 6.16. The topological polar surface area (TPSA) is 87.5 Å². The van der Waals surface area contributed by atoms with E-state index in [9.17, 15) is 13.2 Å². The fourth-order valence-corrected chi connectivity index (χ4v) is 2.32. The Bertz CT molecular complexity index is 685. The largest absolute Gasteiger partial charge is 0.466 e. The summed E-state index contributed by atoms with van der Waals surface area (Å²) in [5.74, 6) is -0.588.